The van der Waals surface area contributed by atoms with Crippen molar-refractivity contribution in [1.82, 2.24) is 14.2 Å². The summed E-state index contributed by atoms with van der Waals surface area (Å²) < 4.78 is 7.10. The van der Waals surface area contributed by atoms with Crippen LogP contribution in [0.2, 0.25) is 0 Å². The van der Waals surface area contributed by atoms with E-state index in [1.165, 1.54) is 0 Å². The van der Waals surface area contributed by atoms with Gasteiger partial charge >= 0.3 is 0 Å². The molecule has 0 aromatic carbocycles. The molecular weight excluding hydrogens is 332 g/mol. The van der Waals surface area contributed by atoms with E-state index in [4.69, 9.17) is 4.74 Å². The SMILES string of the molecule is COCCN(C)C(=O)c1ccc2ccc(N3CCN(C(C)=O)CC3)n2c1. The highest BCUT2D eigenvalue weighted by Gasteiger charge is 2.21. The van der Waals surface area contributed by atoms with Gasteiger partial charge in [0, 0.05) is 65.5 Å². The summed E-state index contributed by atoms with van der Waals surface area (Å²) >= 11 is 0. The molecule has 1 saturated heterocycles. The van der Waals surface area contributed by atoms with E-state index < -0.39 is 0 Å². The molecule has 0 unspecified atom stereocenters. The Kier molecular flexibility index (Phi) is 5.46. The first kappa shape index (κ1) is 18.3. The highest BCUT2D eigenvalue weighted by Crippen LogP contribution is 2.22. The lowest BCUT2D eigenvalue weighted by molar-refractivity contribution is -0.129. The lowest BCUT2D eigenvalue weighted by Crippen LogP contribution is -2.48. The highest BCUT2D eigenvalue weighted by molar-refractivity contribution is 5.94. The second-order valence-electron chi connectivity index (χ2n) is 6.62. The molecule has 2 aromatic heterocycles. The van der Waals surface area contributed by atoms with E-state index >= 15 is 0 Å². The van der Waals surface area contributed by atoms with Gasteiger partial charge < -0.3 is 23.8 Å². The Morgan fingerprint density at radius 1 is 1.12 bits per heavy atom. The summed E-state index contributed by atoms with van der Waals surface area (Å²) in [5, 5.41) is 0. The van der Waals surface area contributed by atoms with Crippen molar-refractivity contribution in [2.45, 2.75) is 6.92 Å². The second kappa shape index (κ2) is 7.78. The first-order valence-electron chi connectivity index (χ1n) is 8.87. The van der Waals surface area contributed by atoms with Crippen molar-refractivity contribution < 1.29 is 14.3 Å². The number of hydrogen-bond acceptors (Lipinski definition) is 4. The van der Waals surface area contributed by atoms with E-state index in [1.54, 1.807) is 26.0 Å². The fourth-order valence-electron chi connectivity index (χ4n) is 3.27. The van der Waals surface area contributed by atoms with E-state index in [-0.39, 0.29) is 11.8 Å². The van der Waals surface area contributed by atoms with Crippen molar-refractivity contribution in [3.05, 3.63) is 36.0 Å². The molecule has 7 nitrogen and oxygen atoms in total. The number of aromatic nitrogens is 1. The van der Waals surface area contributed by atoms with Gasteiger partial charge in [0.25, 0.3) is 5.91 Å². The van der Waals surface area contributed by atoms with E-state index in [0.717, 1.165) is 37.5 Å². The van der Waals surface area contributed by atoms with E-state index in [1.807, 2.05) is 23.2 Å². The minimum Gasteiger partial charge on any atom is -0.383 e. The minimum absolute atomic E-state index is 0.0231. The van der Waals surface area contributed by atoms with Crippen LogP contribution >= 0.6 is 0 Å². The zero-order valence-electron chi connectivity index (χ0n) is 15.6. The van der Waals surface area contributed by atoms with Crippen LogP contribution in [0.4, 0.5) is 5.82 Å². The summed E-state index contributed by atoms with van der Waals surface area (Å²) in [4.78, 5) is 29.9. The molecule has 0 N–H and O–H groups in total. The first-order valence-corrected chi connectivity index (χ1v) is 8.87. The smallest absolute Gasteiger partial charge is 0.255 e. The maximum Gasteiger partial charge on any atom is 0.255 e. The summed E-state index contributed by atoms with van der Waals surface area (Å²) in [6.45, 7) is 5.70. The number of methoxy groups -OCH3 is 1. The van der Waals surface area contributed by atoms with Crippen molar-refractivity contribution >= 4 is 23.1 Å². The van der Waals surface area contributed by atoms with Crippen molar-refractivity contribution in [3.8, 4) is 0 Å². The number of amides is 2. The Morgan fingerprint density at radius 3 is 2.46 bits per heavy atom. The fourth-order valence-corrected chi connectivity index (χ4v) is 3.27. The molecule has 0 aliphatic carbocycles. The van der Waals surface area contributed by atoms with Crippen molar-refractivity contribution in [1.29, 1.82) is 0 Å². The molecule has 3 rings (SSSR count). The predicted octanol–water partition coefficient (Wildman–Crippen LogP) is 1.33. The topological polar surface area (TPSA) is 57.5 Å². The third-order valence-electron chi connectivity index (χ3n) is 4.90. The Labute approximate surface area is 153 Å². The molecule has 0 saturated carbocycles. The fraction of sp³-hybridized carbons (Fsp3) is 0.474. The van der Waals surface area contributed by atoms with E-state index in [2.05, 4.69) is 21.4 Å². The number of anilines is 1. The number of hydrogen-bond donors (Lipinski definition) is 0. The molecule has 0 bridgehead atoms. The molecule has 1 fully saturated rings. The Morgan fingerprint density at radius 2 is 1.81 bits per heavy atom. The molecule has 0 radical (unpaired) electrons. The highest BCUT2D eigenvalue weighted by atomic mass is 16.5. The molecule has 26 heavy (non-hydrogen) atoms. The zero-order valence-corrected chi connectivity index (χ0v) is 15.6. The van der Waals surface area contributed by atoms with Crippen LogP contribution in [0, 0.1) is 0 Å². The molecule has 0 atom stereocenters. The van der Waals surface area contributed by atoms with Gasteiger partial charge in [0.1, 0.15) is 5.82 Å². The maximum absolute atomic E-state index is 12.6. The largest absolute Gasteiger partial charge is 0.383 e. The lowest BCUT2D eigenvalue weighted by Gasteiger charge is -2.35. The molecule has 7 heteroatoms. The van der Waals surface area contributed by atoms with Crippen LogP contribution in [0.1, 0.15) is 17.3 Å². The summed E-state index contributed by atoms with van der Waals surface area (Å²) in [7, 11) is 3.41. The zero-order chi connectivity index (χ0) is 18.7. The molecule has 0 spiro atoms. The summed E-state index contributed by atoms with van der Waals surface area (Å²) in [5.41, 5.74) is 1.70. The van der Waals surface area contributed by atoms with Crippen LogP contribution in [0.3, 0.4) is 0 Å². The number of carbonyl (C=O) groups excluding carboxylic acids is 2. The first-order chi connectivity index (χ1) is 12.5. The Bertz CT molecular complexity index is 793. The van der Waals surface area contributed by atoms with Gasteiger partial charge in [0.05, 0.1) is 12.2 Å². The average molecular weight is 358 g/mol. The van der Waals surface area contributed by atoms with Crippen LogP contribution < -0.4 is 4.90 Å². The molecule has 1 aliphatic rings. The minimum atomic E-state index is -0.0231. The molecule has 2 aromatic rings. The van der Waals surface area contributed by atoms with Crippen LogP contribution in [0.5, 0.6) is 0 Å². The van der Waals surface area contributed by atoms with Crippen molar-refractivity contribution in [2.24, 2.45) is 0 Å². The summed E-state index contributed by atoms with van der Waals surface area (Å²) in [5.74, 6) is 1.15. The second-order valence-corrected chi connectivity index (χ2v) is 6.62. The third-order valence-corrected chi connectivity index (χ3v) is 4.90. The summed E-state index contributed by atoms with van der Waals surface area (Å²) in [6.07, 6.45) is 1.90. The van der Waals surface area contributed by atoms with Gasteiger partial charge in [-0.05, 0) is 24.3 Å². The lowest BCUT2D eigenvalue weighted by atomic mass is 10.2. The quantitative estimate of drug-likeness (QED) is 0.809. The number of ether oxygens (including phenoxy) is 1. The standard InChI is InChI=1S/C19H26N4O3/c1-15(24)21-8-10-22(11-9-21)18-7-6-17-5-4-16(14-23(17)18)19(25)20(2)12-13-26-3/h4-7,14H,8-13H2,1-3H3. The van der Waals surface area contributed by atoms with E-state index in [0.29, 0.717) is 18.7 Å². The third kappa shape index (κ3) is 3.67. The van der Waals surface area contributed by atoms with Gasteiger partial charge in [0.15, 0.2) is 0 Å². The number of carbonyl (C=O) groups is 2. The Hall–Kier alpha value is -2.54. The molecule has 3 heterocycles. The van der Waals surface area contributed by atoms with Gasteiger partial charge in [-0.1, -0.05) is 0 Å². The molecule has 1 aliphatic heterocycles. The van der Waals surface area contributed by atoms with Gasteiger partial charge in [-0.15, -0.1) is 0 Å². The van der Waals surface area contributed by atoms with Crippen molar-refractivity contribution in [3.63, 3.8) is 0 Å². The number of fused-ring (bicyclic) bond motifs is 1. The van der Waals surface area contributed by atoms with Gasteiger partial charge in [0.2, 0.25) is 5.91 Å². The van der Waals surface area contributed by atoms with Crippen LogP contribution in [-0.2, 0) is 9.53 Å². The van der Waals surface area contributed by atoms with Gasteiger partial charge in [-0.2, -0.15) is 0 Å². The monoisotopic (exact) mass is 358 g/mol. The van der Waals surface area contributed by atoms with E-state index in [9.17, 15) is 9.59 Å². The molecule has 140 valence electrons. The number of pyridine rings is 1. The number of nitrogens with zero attached hydrogens (tertiary/aromatic N) is 4. The normalized spacial score (nSPS) is 14.7. The Balaban J connectivity index is 1.80. The van der Waals surface area contributed by atoms with Crippen LogP contribution in [-0.4, -0.2) is 79.5 Å². The van der Waals surface area contributed by atoms with Crippen LogP contribution in [0.25, 0.3) is 5.52 Å². The molecule has 2 amide bonds. The van der Waals surface area contributed by atoms with Crippen molar-refractivity contribution in [2.75, 3.05) is 58.4 Å². The molecular formula is C19H26N4O3. The number of likely N-dealkylation sites (N-methyl/N-ethyl adjacent to an activating group) is 1. The number of rotatable bonds is 5. The summed E-state index contributed by atoms with van der Waals surface area (Å²) in [6, 6.07) is 7.95. The predicted molar refractivity (Wildman–Crippen MR) is 101 cm³/mol. The van der Waals surface area contributed by atoms with Gasteiger partial charge in [-0.3, -0.25) is 9.59 Å². The maximum atomic E-state index is 12.6. The average Bonchev–Trinajstić information content (AvgIpc) is 3.08. The van der Waals surface area contributed by atoms with Crippen LogP contribution in [0.15, 0.2) is 30.5 Å². The van der Waals surface area contributed by atoms with Gasteiger partial charge in [-0.25, -0.2) is 0 Å². The number of piperazine rings is 1.